The number of hydrogen-bond donors (Lipinski definition) is 2. The summed E-state index contributed by atoms with van der Waals surface area (Å²) in [5, 5.41) is 12.0. The van der Waals surface area contributed by atoms with E-state index < -0.39 is 29.5 Å². The van der Waals surface area contributed by atoms with E-state index in [-0.39, 0.29) is 18.5 Å². The van der Waals surface area contributed by atoms with E-state index >= 15 is 0 Å². The Morgan fingerprint density at radius 2 is 1.71 bits per heavy atom. The number of piperidine rings is 2. The number of hydrogen-bond acceptors (Lipinski definition) is 6. The molecule has 1 spiro atoms. The minimum absolute atomic E-state index is 0.102. The fourth-order valence-electron chi connectivity index (χ4n) is 5.58. The lowest BCUT2D eigenvalue weighted by atomic mass is 9.91. The second-order valence-electron chi connectivity index (χ2n) is 10.9. The van der Waals surface area contributed by atoms with E-state index in [1.54, 1.807) is 17.0 Å². The molecule has 0 radical (unpaired) electrons. The summed E-state index contributed by atoms with van der Waals surface area (Å²) in [5.74, 6) is -0.277. The van der Waals surface area contributed by atoms with Crippen LogP contribution < -0.4 is 5.32 Å². The van der Waals surface area contributed by atoms with E-state index in [0.29, 0.717) is 76.2 Å². The standard InChI is InChI=1S/C28H32F3N5O5/c29-28(30,31)21-4-1-19(2-5-21)16-34-13-9-27(10-14-34)18-36(26(40)41-27)17-23-6-3-20(15-32-23)24(37)33-22-7-11-35(12-8-22)25(38)39/h1-6,15,22H,7-14,16-18H2,(H,33,37)(H,38,39). The van der Waals surface area contributed by atoms with Crippen LogP contribution in [0.1, 0.15) is 52.9 Å². The second-order valence-corrected chi connectivity index (χ2v) is 10.9. The molecule has 3 aliphatic heterocycles. The fraction of sp³-hybridized carbons (Fsp3) is 0.500. The van der Waals surface area contributed by atoms with Crippen molar-refractivity contribution in [2.45, 2.75) is 56.6 Å². The zero-order valence-electron chi connectivity index (χ0n) is 22.4. The van der Waals surface area contributed by atoms with Gasteiger partial charge in [-0.3, -0.25) is 19.6 Å². The summed E-state index contributed by atoms with van der Waals surface area (Å²) in [6.07, 6.45) is -1.92. The summed E-state index contributed by atoms with van der Waals surface area (Å²) >= 11 is 0. The molecule has 10 nitrogen and oxygen atoms in total. The van der Waals surface area contributed by atoms with Crippen LogP contribution in [0.3, 0.4) is 0 Å². The van der Waals surface area contributed by atoms with E-state index in [9.17, 15) is 27.6 Å². The molecule has 3 amide bonds. The normalized spacial score (nSPS) is 19.8. The Morgan fingerprint density at radius 1 is 1.02 bits per heavy atom. The van der Waals surface area contributed by atoms with Gasteiger partial charge in [0.1, 0.15) is 5.60 Å². The molecule has 3 saturated heterocycles. The third-order valence-corrected chi connectivity index (χ3v) is 8.04. The average Bonchev–Trinajstić information content (AvgIpc) is 3.24. The van der Waals surface area contributed by atoms with Crippen molar-refractivity contribution in [1.82, 2.24) is 25.0 Å². The Hall–Kier alpha value is -3.87. The molecule has 0 unspecified atom stereocenters. The van der Waals surface area contributed by atoms with Crippen LogP contribution >= 0.6 is 0 Å². The van der Waals surface area contributed by atoms with Crippen molar-refractivity contribution in [3.8, 4) is 0 Å². The summed E-state index contributed by atoms with van der Waals surface area (Å²) in [6.45, 7) is 3.24. The number of carboxylic acid groups (broad SMARTS) is 1. The number of ether oxygens (including phenoxy) is 1. The van der Waals surface area contributed by atoms with Crippen molar-refractivity contribution in [3.05, 3.63) is 65.0 Å². The fourth-order valence-corrected chi connectivity index (χ4v) is 5.58. The molecule has 0 atom stereocenters. The van der Waals surface area contributed by atoms with Gasteiger partial charge in [0.15, 0.2) is 0 Å². The number of halogens is 3. The van der Waals surface area contributed by atoms with Gasteiger partial charge in [0.25, 0.3) is 5.91 Å². The van der Waals surface area contributed by atoms with Gasteiger partial charge in [-0.25, -0.2) is 9.59 Å². The van der Waals surface area contributed by atoms with Crippen molar-refractivity contribution in [3.63, 3.8) is 0 Å². The second kappa shape index (κ2) is 11.6. The van der Waals surface area contributed by atoms with Gasteiger partial charge in [0.2, 0.25) is 0 Å². The molecule has 0 aliphatic carbocycles. The first-order chi connectivity index (χ1) is 19.5. The van der Waals surface area contributed by atoms with E-state index in [0.717, 1.165) is 17.7 Å². The number of nitrogens with one attached hydrogen (secondary N) is 1. The number of benzene rings is 1. The summed E-state index contributed by atoms with van der Waals surface area (Å²) in [6, 6.07) is 8.44. The minimum atomic E-state index is -4.36. The first kappa shape index (κ1) is 28.7. The van der Waals surface area contributed by atoms with Gasteiger partial charge in [0.05, 0.1) is 29.9 Å². The largest absolute Gasteiger partial charge is 0.465 e. The number of aromatic nitrogens is 1. The van der Waals surface area contributed by atoms with Crippen LogP contribution in [-0.4, -0.2) is 87.3 Å². The Kier molecular flexibility index (Phi) is 8.07. The number of amides is 3. The van der Waals surface area contributed by atoms with Crippen LogP contribution in [-0.2, 0) is 24.0 Å². The molecular weight excluding hydrogens is 543 g/mol. The van der Waals surface area contributed by atoms with Gasteiger partial charge in [0, 0.05) is 57.8 Å². The molecular formula is C28H32F3N5O5. The van der Waals surface area contributed by atoms with Crippen molar-refractivity contribution < 1.29 is 37.4 Å². The first-order valence-corrected chi connectivity index (χ1v) is 13.6. The summed E-state index contributed by atoms with van der Waals surface area (Å²) < 4.78 is 44.2. The quantitative estimate of drug-likeness (QED) is 0.536. The van der Waals surface area contributed by atoms with Crippen LogP contribution in [0.25, 0.3) is 0 Å². The van der Waals surface area contributed by atoms with Gasteiger partial charge in [-0.1, -0.05) is 12.1 Å². The molecule has 3 fully saturated rings. The monoisotopic (exact) mass is 575 g/mol. The first-order valence-electron chi connectivity index (χ1n) is 13.6. The molecule has 4 heterocycles. The molecule has 41 heavy (non-hydrogen) atoms. The lowest BCUT2D eigenvalue weighted by molar-refractivity contribution is -0.137. The smallest absolute Gasteiger partial charge is 0.416 e. The molecule has 1 aromatic carbocycles. The summed E-state index contributed by atoms with van der Waals surface area (Å²) in [5.41, 5.74) is 0.523. The third kappa shape index (κ3) is 6.89. The molecule has 2 aromatic rings. The van der Waals surface area contributed by atoms with E-state index in [2.05, 4.69) is 15.2 Å². The zero-order valence-corrected chi connectivity index (χ0v) is 22.4. The van der Waals surface area contributed by atoms with Gasteiger partial charge < -0.3 is 20.1 Å². The molecule has 0 bridgehead atoms. The Labute approximate surface area is 235 Å². The topological polar surface area (TPSA) is 115 Å². The molecule has 2 N–H and O–H groups in total. The number of nitrogens with zero attached hydrogens (tertiary/aromatic N) is 4. The van der Waals surface area contributed by atoms with Crippen molar-refractivity contribution in [2.75, 3.05) is 32.7 Å². The van der Waals surface area contributed by atoms with Crippen LogP contribution in [0.4, 0.5) is 22.8 Å². The lowest BCUT2D eigenvalue weighted by Crippen LogP contribution is -2.46. The van der Waals surface area contributed by atoms with Gasteiger partial charge in [-0.15, -0.1) is 0 Å². The number of pyridine rings is 1. The van der Waals surface area contributed by atoms with Crippen molar-refractivity contribution >= 4 is 18.1 Å². The highest BCUT2D eigenvalue weighted by Gasteiger charge is 2.47. The van der Waals surface area contributed by atoms with Gasteiger partial charge >= 0.3 is 18.4 Å². The van der Waals surface area contributed by atoms with Crippen molar-refractivity contribution in [1.29, 1.82) is 0 Å². The number of rotatable bonds is 6. The molecule has 220 valence electrons. The maximum absolute atomic E-state index is 12.8. The molecule has 1 aromatic heterocycles. The van der Waals surface area contributed by atoms with Crippen LogP contribution in [0.15, 0.2) is 42.6 Å². The van der Waals surface area contributed by atoms with E-state index in [1.807, 2.05) is 0 Å². The van der Waals surface area contributed by atoms with Crippen LogP contribution in [0.2, 0.25) is 0 Å². The number of carbonyl (C=O) groups excluding carboxylic acids is 2. The SMILES string of the molecule is O=C(NC1CCN(C(=O)O)CC1)c1ccc(CN2CC3(CCN(Cc4ccc(C(F)(F)F)cc4)CC3)OC2=O)nc1. The maximum Gasteiger partial charge on any atom is 0.416 e. The van der Waals surface area contributed by atoms with E-state index in [4.69, 9.17) is 9.84 Å². The Balaban J connectivity index is 1.09. The molecule has 0 saturated carbocycles. The number of likely N-dealkylation sites (tertiary alicyclic amines) is 2. The molecule has 3 aliphatic rings. The Morgan fingerprint density at radius 3 is 2.29 bits per heavy atom. The third-order valence-electron chi connectivity index (χ3n) is 8.04. The van der Waals surface area contributed by atoms with Crippen LogP contribution in [0, 0.1) is 0 Å². The average molecular weight is 576 g/mol. The highest BCUT2D eigenvalue weighted by atomic mass is 19.4. The highest BCUT2D eigenvalue weighted by Crippen LogP contribution is 2.35. The Bertz CT molecular complexity index is 1260. The molecule has 5 rings (SSSR count). The maximum atomic E-state index is 12.8. The molecule has 13 heteroatoms. The van der Waals surface area contributed by atoms with Gasteiger partial charge in [-0.05, 0) is 42.7 Å². The minimum Gasteiger partial charge on any atom is -0.465 e. The highest BCUT2D eigenvalue weighted by molar-refractivity contribution is 5.94. The predicted octanol–water partition coefficient (Wildman–Crippen LogP) is 3.96. The van der Waals surface area contributed by atoms with E-state index in [1.165, 1.54) is 23.2 Å². The lowest BCUT2D eigenvalue weighted by Gasteiger charge is -2.37. The number of alkyl halides is 3. The number of carbonyl (C=O) groups is 3. The predicted molar refractivity (Wildman–Crippen MR) is 140 cm³/mol. The van der Waals surface area contributed by atoms with Gasteiger partial charge in [-0.2, -0.15) is 13.2 Å². The summed E-state index contributed by atoms with van der Waals surface area (Å²) in [7, 11) is 0. The van der Waals surface area contributed by atoms with Crippen LogP contribution in [0.5, 0.6) is 0 Å². The zero-order chi connectivity index (χ0) is 29.2. The van der Waals surface area contributed by atoms with Crippen molar-refractivity contribution in [2.24, 2.45) is 0 Å². The summed E-state index contributed by atoms with van der Waals surface area (Å²) in [4.78, 5) is 45.8.